The van der Waals surface area contributed by atoms with Crippen molar-refractivity contribution < 1.29 is 4.79 Å². The van der Waals surface area contributed by atoms with Gasteiger partial charge in [-0.1, -0.05) is 32.9 Å². The summed E-state index contributed by atoms with van der Waals surface area (Å²) < 4.78 is 0. The number of benzene rings is 1. The van der Waals surface area contributed by atoms with Crippen LogP contribution in [0.1, 0.15) is 45.6 Å². The predicted octanol–water partition coefficient (Wildman–Crippen LogP) is 3.31. The van der Waals surface area contributed by atoms with Crippen LogP contribution in [0.2, 0.25) is 0 Å². The number of hydrogen-bond acceptors (Lipinski definition) is 2. The molecular formula is C17H26N2O. The highest BCUT2D eigenvalue weighted by Crippen LogP contribution is 2.25. The fraction of sp³-hybridized carbons (Fsp3) is 0.588. The van der Waals surface area contributed by atoms with E-state index < -0.39 is 0 Å². The molecule has 1 fully saturated rings. The number of amides is 1. The molecule has 0 saturated carbocycles. The Balaban J connectivity index is 1.93. The van der Waals surface area contributed by atoms with Gasteiger partial charge in [0.1, 0.15) is 0 Å². The Labute approximate surface area is 122 Å². The fourth-order valence-electron chi connectivity index (χ4n) is 2.62. The second kappa shape index (κ2) is 6.40. The highest BCUT2D eigenvalue weighted by Gasteiger charge is 2.18. The number of anilines is 1. The molecule has 1 amide bonds. The van der Waals surface area contributed by atoms with Crippen molar-refractivity contribution in [3.8, 4) is 0 Å². The maximum absolute atomic E-state index is 12.1. The molecule has 1 aromatic carbocycles. The maximum Gasteiger partial charge on any atom is 0.224 e. The number of hydrogen-bond donors (Lipinski definition) is 2. The van der Waals surface area contributed by atoms with Crippen molar-refractivity contribution in [1.82, 2.24) is 5.32 Å². The van der Waals surface area contributed by atoms with Crippen LogP contribution in [0.4, 0.5) is 5.69 Å². The van der Waals surface area contributed by atoms with Crippen molar-refractivity contribution in [3.63, 3.8) is 0 Å². The molecule has 1 saturated heterocycles. The first-order valence-corrected chi connectivity index (χ1v) is 7.56. The zero-order valence-electron chi connectivity index (χ0n) is 12.8. The van der Waals surface area contributed by atoms with Gasteiger partial charge in [-0.15, -0.1) is 0 Å². The van der Waals surface area contributed by atoms with Gasteiger partial charge in [-0.2, -0.15) is 0 Å². The lowest BCUT2D eigenvalue weighted by atomic mass is 9.87. The normalized spacial score (nSPS) is 16.9. The number of carbonyl (C=O) groups excluding carboxylic acids is 1. The highest BCUT2D eigenvalue weighted by molar-refractivity contribution is 5.90. The summed E-state index contributed by atoms with van der Waals surface area (Å²) in [5.74, 6) is 0.671. The van der Waals surface area contributed by atoms with Gasteiger partial charge in [0.05, 0.1) is 0 Å². The highest BCUT2D eigenvalue weighted by atomic mass is 16.1. The first-order chi connectivity index (χ1) is 9.45. The minimum absolute atomic E-state index is 0.107. The van der Waals surface area contributed by atoms with Crippen molar-refractivity contribution in [3.05, 3.63) is 29.8 Å². The van der Waals surface area contributed by atoms with Gasteiger partial charge in [0.15, 0.2) is 0 Å². The molecule has 0 spiro atoms. The first kappa shape index (κ1) is 15.0. The van der Waals surface area contributed by atoms with Crippen molar-refractivity contribution in [2.75, 3.05) is 18.4 Å². The Kier molecular flexibility index (Phi) is 4.81. The van der Waals surface area contributed by atoms with Gasteiger partial charge in [0.25, 0.3) is 0 Å². The van der Waals surface area contributed by atoms with Crippen LogP contribution < -0.4 is 10.6 Å². The number of rotatable bonds is 3. The van der Waals surface area contributed by atoms with Crippen LogP contribution in [-0.4, -0.2) is 19.0 Å². The average molecular weight is 274 g/mol. The van der Waals surface area contributed by atoms with E-state index >= 15 is 0 Å². The van der Waals surface area contributed by atoms with E-state index in [1.807, 2.05) is 12.1 Å². The first-order valence-electron chi connectivity index (χ1n) is 7.56. The van der Waals surface area contributed by atoms with Crippen LogP contribution in [0.15, 0.2) is 24.3 Å². The molecule has 0 atom stereocenters. The third-order valence-corrected chi connectivity index (χ3v) is 3.95. The van der Waals surface area contributed by atoms with Crippen LogP contribution in [0.3, 0.4) is 0 Å². The summed E-state index contributed by atoms with van der Waals surface area (Å²) in [7, 11) is 0. The molecule has 1 aliphatic heterocycles. The second-order valence-corrected chi connectivity index (χ2v) is 6.78. The van der Waals surface area contributed by atoms with Crippen molar-refractivity contribution in [1.29, 1.82) is 0 Å². The predicted molar refractivity (Wildman–Crippen MR) is 84.0 cm³/mol. The van der Waals surface area contributed by atoms with Gasteiger partial charge >= 0.3 is 0 Å². The lowest BCUT2D eigenvalue weighted by Gasteiger charge is -2.22. The minimum atomic E-state index is 0.107. The van der Waals surface area contributed by atoms with Crippen LogP contribution in [-0.2, 0) is 10.2 Å². The zero-order chi connectivity index (χ0) is 14.6. The Morgan fingerprint density at radius 2 is 2.00 bits per heavy atom. The molecule has 0 unspecified atom stereocenters. The SMILES string of the molecule is CC(C)(C)c1cccc(NC(=O)CC2CCNCC2)c1. The van der Waals surface area contributed by atoms with E-state index in [1.54, 1.807) is 0 Å². The Morgan fingerprint density at radius 1 is 1.30 bits per heavy atom. The molecule has 0 aliphatic carbocycles. The van der Waals surface area contributed by atoms with Gasteiger partial charge < -0.3 is 10.6 Å². The van der Waals surface area contributed by atoms with E-state index in [2.05, 4.69) is 43.5 Å². The fourth-order valence-corrected chi connectivity index (χ4v) is 2.62. The largest absolute Gasteiger partial charge is 0.326 e. The summed E-state index contributed by atoms with van der Waals surface area (Å²) in [4.78, 5) is 12.1. The zero-order valence-corrected chi connectivity index (χ0v) is 12.8. The minimum Gasteiger partial charge on any atom is -0.326 e. The molecule has 110 valence electrons. The smallest absolute Gasteiger partial charge is 0.224 e. The van der Waals surface area contributed by atoms with Crippen molar-refractivity contribution in [2.45, 2.75) is 45.4 Å². The molecular weight excluding hydrogens is 248 g/mol. The summed E-state index contributed by atoms with van der Waals surface area (Å²) in [6, 6.07) is 8.18. The lowest BCUT2D eigenvalue weighted by molar-refractivity contribution is -0.117. The summed E-state index contributed by atoms with van der Waals surface area (Å²) in [6.07, 6.45) is 2.85. The van der Waals surface area contributed by atoms with Gasteiger partial charge in [-0.25, -0.2) is 0 Å². The molecule has 2 N–H and O–H groups in total. The van der Waals surface area contributed by atoms with Crippen LogP contribution in [0.5, 0.6) is 0 Å². The van der Waals surface area contributed by atoms with E-state index in [-0.39, 0.29) is 11.3 Å². The molecule has 3 nitrogen and oxygen atoms in total. The molecule has 2 rings (SSSR count). The Bertz CT molecular complexity index is 456. The summed E-state index contributed by atoms with van der Waals surface area (Å²) in [5, 5.41) is 6.37. The maximum atomic E-state index is 12.1. The Hall–Kier alpha value is -1.35. The molecule has 0 aromatic heterocycles. The van der Waals surface area contributed by atoms with E-state index in [4.69, 9.17) is 0 Å². The molecule has 1 heterocycles. The quantitative estimate of drug-likeness (QED) is 0.888. The molecule has 3 heteroatoms. The third-order valence-electron chi connectivity index (χ3n) is 3.95. The van der Waals surface area contributed by atoms with E-state index in [0.717, 1.165) is 31.6 Å². The Morgan fingerprint density at radius 3 is 2.65 bits per heavy atom. The van der Waals surface area contributed by atoms with Gasteiger partial charge in [-0.05, 0) is 55.0 Å². The van der Waals surface area contributed by atoms with Crippen LogP contribution in [0, 0.1) is 5.92 Å². The third kappa shape index (κ3) is 4.34. The molecule has 1 aromatic rings. The molecule has 0 radical (unpaired) electrons. The van der Waals surface area contributed by atoms with Gasteiger partial charge in [0.2, 0.25) is 5.91 Å². The topological polar surface area (TPSA) is 41.1 Å². The van der Waals surface area contributed by atoms with Gasteiger partial charge in [0, 0.05) is 12.1 Å². The van der Waals surface area contributed by atoms with Crippen LogP contribution >= 0.6 is 0 Å². The number of nitrogens with one attached hydrogen (secondary N) is 2. The molecule has 0 bridgehead atoms. The molecule has 1 aliphatic rings. The summed E-state index contributed by atoms with van der Waals surface area (Å²) >= 11 is 0. The molecule has 20 heavy (non-hydrogen) atoms. The van der Waals surface area contributed by atoms with E-state index in [1.165, 1.54) is 5.56 Å². The van der Waals surface area contributed by atoms with Crippen molar-refractivity contribution in [2.24, 2.45) is 5.92 Å². The summed E-state index contributed by atoms with van der Waals surface area (Å²) in [6.45, 7) is 8.63. The lowest BCUT2D eigenvalue weighted by Crippen LogP contribution is -2.30. The number of piperidine rings is 1. The monoisotopic (exact) mass is 274 g/mol. The van der Waals surface area contributed by atoms with E-state index in [9.17, 15) is 4.79 Å². The van der Waals surface area contributed by atoms with Crippen LogP contribution in [0.25, 0.3) is 0 Å². The summed E-state index contributed by atoms with van der Waals surface area (Å²) in [5.41, 5.74) is 2.27. The van der Waals surface area contributed by atoms with E-state index in [0.29, 0.717) is 12.3 Å². The number of carbonyl (C=O) groups is 1. The van der Waals surface area contributed by atoms with Crippen molar-refractivity contribution >= 4 is 11.6 Å². The van der Waals surface area contributed by atoms with Gasteiger partial charge in [-0.3, -0.25) is 4.79 Å². The standard InChI is InChI=1S/C17H26N2O/c1-17(2,3)14-5-4-6-15(12-14)19-16(20)11-13-7-9-18-10-8-13/h4-6,12-13,18H,7-11H2,1-3H3,(H,19,20). The average Bonchev–Trinajstić information content (AvgIpc) is 2.39. The second-order valence-electron chi connectivity index (χ2n) is 6.78.